The smallest absolute Gasteiger partial charge is 0.153 e. The molecule has 1 aliphatic carbocycles. The minimum atomic E-state index is -0.623. The Bertz CT molecular complexity index is 847. The highest BCUT2D eigenvalue weighted by Gasteiger charge is 2.43. The van der Waals surface area contributed by atoms with Gasteiger partial charge in [-0.15, -0.1) is 0 Å². The first-order valence-electron chi connectivity index (χ1n) is 8.65. The Kier molecular flexibility index (Phi) is 4.59. The van der Waals surface area contributed by atoms with Gasteiger partial charge in [0.25, 0.3) is 0 Å². The summed E-state index contributed by atoms with van der Waals surface area (Å²) in [6.45, 7) is 7.89. The summed E-state index contributed by atoms with van der Waals surface area (Å²) in [5.74, 6) is -0.529. The Labute approximate surface area is 154 Å². The van der Waals surface area contributed by atoms with Crippen molar-refractivity contribution in [2.75, 3.05) is 0 Å². The number of halogens is 1. The van der Waals surface area contributed by atoms with Gasteiger partial charge in [-0.3, -0.25) is 9.59 Å². The molecule has 0 N–H and O–H groups in total. The second-order valence-electron chi connectivity index (χ2n) is 7.68. The van der Waals surface area contributed by atoms with Crippen molar-refractivity contribution < 1.29 is 9.59 Å². The van der Waals surface area contributed by atoms with E-state index in [0.29, 0.717) is 17.9 Å². The van der Waals surface area contributed by atoms with Crippen LogP contribution in [-0.4, -0.2) is 11.6 Å². The van der Waals surface area contributed by atoms with Crippen molar-refractivity contribution in [2.45, 2.75) is 46.5 Å². The van der Waals surface area contributed by atoms with Crippen LogP contribution in [0.15, 0.2) is 36.4 Å². The molecule has 0 radical (unpaired) electrons. The van der Waals surface area contributed by atoms with E-state index in [9.17, 15) is 9.59 Å². The van der Waals surface area contributed by atoms with Crippen LogP contribution in [0.4, 0.5) is 0 Å². The molecule has 0 aromatic heterocycles. The monoisotopic (exact) mass is 354 g/mol. The van der Waals surface area contributed by atoms with Gasteiger partial charge < -0.3 is 0 Å². The zero-order valence-corrected chi connectivity index (χ0v) is 15.9. The number of hydrogen-bond acceptors (Lipinski definition) is 2. The van der Waals surface area contributed by atoms with Gasteiger partial charge in [0.05, 0.1) is 0 Å². The van der Waals surface area contributed by atoms with Crippen molar-refractivity contribution in [1.29, 1.82) is 0 Å². The van der Waals surface area contributed by atoms with Crippen molar-refractivity contribution in [3.8, 4) is 11.1 Å². The van der Waals surface area contributed by atoms with Crippen LogP contribution in [0.1, 0.15) is 49.3 Å². The van der Waals surface area contributed by atoms with Gasteiger partial charge in [0.2, 0.25) is 0 Å². The van der Waals surface area contributed by atoms with Crippen LogP contribution >= 0.6 is 11.6 Å². The van der Waals surface area contributed by atoms with Crippen LogP contribution in [-0.2, 0) is 9.59 Å². The number of carbonyl (C=O) groups is 2. The molecule has 130 valence electrons. The van der Waals surface area contributed by atoms with Crippen molar-refractivity contribution in [1.82, 2.24) is 0 Å². The van der Waals surface area contributed by atoms with Gasteiger partial charge in [0, 0.05) is 16.9 Å². The lowest BCUT2D eigenvalue weighted by atomic mass is 9.67. The van der Waals surface area contributed by atoms with Crippen LogP contribution in [0.2, 0.25) is 5.02 Å². The predicted octanol–water partition coefficient (Wildman–Crippen LogP) is 5.67. The second-order valence-corrected chi connectivity index (χ2v) is 8.11. The first-order valence-corrected chi connectivity index (χ1v) is 9.02. The lowest BCUT2D eigenvalue weighted by Crippen LogP contribution is -2.39. The van der Waals surface area contributed by atoms with Crippen LogP contribution in [0.3, 0.4) is 0 Å². The third kappa shape index (κ3) is 3.28. The molecule has 0 heterocycles. The number of benzene rings is 2. The molecule has 2 nitrogen and oxygen atoms in total. The summed E-state index contributed by atoms with van der Waals surface area (Å²) >= 11 is 5.98. The second kappa shape index (κ2) is 6.42. The van der Waals surface area contributed by atoms with E-state index in [2.05, 4.69) is 6.07 Å². The summed E-state index contributed by atoms with van der Waals surface area (Å²) in [6, 6.07) is 11.8. The summed E-state index contributed by atoms with van der Waals surface area (Å²) in [6.07, 6.45) is 1.11. The topological polar surface area (TPSA) is 34.1 Å². The molecular weight excluding hydrogens is 332 g/mol. The molecule has 3 rings (SSSR count). The lowest BCUT2D eigenvalue weighted by Gasteiger charge is -2.33. The highest BCUT2D eigenvalue weighted by Crippen LogP contribution is 2.40. The molecule has 0 saturated heterocycles. The SMILES string of the molecule is Cc1cc(C2C(=O)CCC(C)(C)C2=O)c(C)cc1-c1ccc(Cl)cc1. The molecule has 0 amide bonds. The zero-order valence-electron chi connectivity index (χ0n) is 15.2. The Hall–Kier alpha value is -1.93. The van der Waals surface area contributed by atoms with Crippen molar-refractivity contribution in [2.24, 2.45) is 5.41 Å². The number of rotatable bonds is 2. The normalized spacial score (nSPS) is 20.0. The van der Waals surface area contributed by atoms with Crippen LogP contribution < -0.4 is 0 Å². The molecule has 2 aromatic carbocycles. The molecule has 1 atom stereocenters. The first-order chi connectivity index (χ1) is 11.7. The number of hydrogen-bond donors (Lipinski definition) is 0. The standard InChI is InChI=1S/C22H23ClO2/c1-13-12-18(20-19(24)9-10-22(3,4)21(20)25)14(2)11-17(13)15-5-7-16(23)8-6-15/h5-8,11-12,20H,9-10H2,1-4H3. The number of ketones is 2. The van der Waals surface area contributed by atoms with Crippen molar-refractivity contribution in [3.63, 3.8) is 0 Å². The number of aryl methyl sites for hydroxylation is 2. The molecule has 1 saturated carbocycles. The quantitative estimate of drug-likeness (QED) is 0.651. The average molecular weight is 355 g/mol. The molecule has 1 unspecified atom stereocenters. The molecule has 1 aliphatic rings. The van der Waals surface area contributed by atoms with E-state index in [0.717, 1.165) is 27.8 Å². The van der Waals surface area contributed by atoms with Crippen molar-refractivity contribution in [3.05, 3.63) is 58.1 Å². The fourth-order valence-electron chi connectivity index (χ4n) is 3.64. The molecule has 0 bridgehead atoms. The minimum Gasteiger partial charge on any atom is -0.299 e. The molecule has 25 heavy (non-hydrogen) atoms. The van der Waals surface area contributed by atoms with Crippen LogP contribution in [0, 0.1) is 19.3 Å². The highest BCUT2D eigenvalue weighted by atomic mass is 35.5. The lowest BCUT2D eigenvalue weighted by molar-refractivity contribution is -0.139. The summed E-state index contributed by atoms with van der Waals surface area (Å²) < 4.78 is 0. The van der Waals surface area contributed by atoms with E-state index in [1.807, 2.05) is 58.0 Å². The molecule has 1 fully saturated rings. The Balaban J connectivity index is 2.07. The maximum atomic E-state index is 12.9. The van der Waals surface area contributed by atoms with Gasteiger partial charge in [-0.05, 0) is 60.2 Å². The van der Waals surface area contributed by atoms with E-state index < -0.39 is 11.3 Å². The summed E-state index contributed by atoms with van der Waals surface area (Å²) in [5, 5.41) is 0.704. The Morgan fingerprint density at radius 2 is 1.64 bits per heavy atom. The fraction of sp³-hybridized carbons (Fsp3) is 0.364. The molecule has 2 aromatic rings. The van der Waals surface area contributed by atoms with Gasteiger partial charge in [-0.25, -0.2) is 0 Å². The predicted molar refractivity (Wildman–Crippen MR) is 102 cm³/mol. The first kappa shape index (κ1) is 17.9. The largest absolute Gasteiger partial charge is 0.299 e. The van der Waals surface area contributed by atoms with Gasteiger partial charge in [0.15, 0.2) is 5.78 Å². The summed E-state index contributed by atoms with van der Waals surface area (Å²) in [4.78, 5) is 25.4. The summed E-state index contributed by atoms with van der Waals surface area (Å²) in [5.41, 5.74) is 4.66. The maximum absolute atomic E-state index is 12.9. The molecular formula is C22H23ClO2. The fourth-order valence-corrected chi connectivity index (χ4v) is 3.77. The van der Waals surface area contributed by atoms with Crippen LogP contribution in [0.5, 0.6) is 0 Å². The van der Waals surface area contributed by atoms with Crippen molar-refractivity contribution >= 4 is 23.2 Å². The maximum Gasteiger partial charge on any atom is 0.153 e. The third-order valence-corrected chi connectivity index (χ3v) is 5.58. The zero-order chi connectivity index (χ0) is 18.4. The van der Waals surface area contributed by atoms with Gasteiger partial charge in [-0.1, -0.05) is 49.7 Å². The highest BCUT2D eigenvalue weighted by molar-refractivity contribution is 6.30. The van der Waals surface area contributed by atoms with Gasteiger partial charge in [-0.2, -0.15) is 0 Å². The van der Waals surface area contributed by atoms with E-state index in [1.165, 1.54) is 0 Å². The van der Waals surface area contributed by atoms with E-state index in [4.69, 9.17) is 11.6 Å². The van der Waals surface area contributed by atoms with Gasteiger partial charge >= 0.3 is 0 Å². The molecule has 3 heteroatoms. The summed E-state index contributed by atoms with van der Waals surface area (Å²) in [7, 11) is 0. The van der Waals surface area contributed by atoms with E-state index >= 15 is 0 Å². The minimum absolute atomic E-state index is 0.0468. The van der Waals surface area contributed by atoms with E-state index in [-0.39, 0.29) is 11.6 Å². The third-order valence-electron chi connectivity index (χ3n) is 5.33. The number of Topliss-reactive ketones (excluding diaryl/α,β-unsaturated/α-hetero) is 2. The average Bonchev–Trinajstić information content (AvgIpc) is 2.56. The van der Waals surface area contributed by atoms with Gasteiger partial charge in [0.1, 0.15) is 11.7 Å². The number of carbonyl (C=O) groups excluding carboxylic acids is 2. The Morgan fingerprint density at radius 3 is 2.28 bits per heavy atom. The van der Waals surface area contributed by atoms with E-state index in [1.54, 1.807) is 0 Å². The van der Waals surface area contributed by atoms with Crippen LogP contribution in [0.25, 0.3) is 11.1 Å². The molecule has 0 aliphatic heterocycles. The molecule has 0 spiro atoms. The Morgan fingerprint density at radius 1 is 1.00 bits per heavy atom.